The van der Waals surface area contributed by atoms with Crippen LogP contribution in [0.1, 0.15) is 38.2 Å². The van der Waals surface area contributed by atoms with Gasteiger partial charge in [-0.15, -0.1) is 0 Å². The van der Waals surface area contributed by atoms with Crippen molar-refractivity contribution in [2.24, 2.45) is 11.7 Å². The maximum absolute atomic E-state index is 6.22. The summed E-state index contributed by atoms with van der Waals surface area (Å²) in [7, 11) is 1.69. The molecule has 1 aromatic carbocycles. The Morgan fingerprint density at radius 2 is 2.00 bits per heavy atom. The molecule has 3 heteroatoms. The molecule has 2 rings (SSSR count). The summed E-state index contributed by atoms with van der Waals surface area (Å²) in [5, 5.41) is 0. The molecule has 1 saturated carbocycles. The van der Waals surface area contributed by atoms with Gasteiger partial charge in [0.15, 0.2) is 11.5 Å². The van der Waals surface area contributed by atoms with Gasteiger partial charge in [0, 0.05) is 6.04 Å². The Bertz CT molecular complexity index is 406. The highest BCUT2D eigenvalue weighted by molar-refractivity contribution is 5.43. The van der Waals surface area contributed by atoms with Crippen molar-refractivity contribution in [2.45, 2.75) is 45.1 Å². The van der Waals surface area contributed by atoms with Crippen molar-refractivity contribution in [1.29, 1.82) is 0 Å². The Labute approximate surface area is 116 Å². The summed E-state index contributed by atoms with van der Waals surface area (Å²) in [6.07, 6.45) is 6.05. The van der Waals surface area contributed by atoms with Crippen molar-refractivity contribution in [2.75, 3.05) is 13.7 Å². The van der Waals surface area contributed by atoms with E-state index in [0.717, 1.165) is 17.9 Å². The van der Waals surface area contributed by atoms with E-state index in [4.69, 9.17) is 15.2 Å². The first-order valence-corrected chi connectivity index (χ1v) is 7.30. The zero-order valence-electron chi connectivity index (χ0n) is 12.0. The van der Waals surface area contributed by atoms with E-state index >= 15 is 0 Å². The molecule has 0 spiro atoms. The third-order valence-corrected chi connectivity index (χ3v) is 3.99. The van der Waals surface area contributed by atoms with Gasteiger partial charge < -0.3 is 15.2 Å². The number of hydrogen-bond acceptors (Lipinski definition) is 3. The highest BCUT2D eigenvalue weighted by atomic mass is 16.5. The Hall–Kier alpha value is -1.22. The molecule has 0 bridgehead atoms. The van der Waals surface area contributed by atoms with Crippen molar-refractivity contribution in [1.82, 2.24) is 0 Å². The van der Waals surface area contributed by atoms with Crippen molar-refractivity contribution in [3.63, 3.8) is 0 Å². The van der Waals surface area contributed by atoms with E-state index in [-0.39, 0.29) is 0 Å². The summed E-state index contributed by atoms with van der Waals surface area (Å²) in [5.74, 6) is 2.25. The van der Waals surface area contributed by atoms with E-state index < -0.39 is 0 Å². The molecule has 0 aliphatic heterocycles. The number of methoxy groups -OCH3 is 1. The second-order valence-corrected chi connectivity index (χ2v) is 5.33. The van der Waals surface area contributed by atoms with Gasteiger partial charge in [0.1, 0.15) is 0 Å². The molecule has 3 nitrogen and oxygen atoms in total. The van der Waals surface area contributed by atoms with Crippen LogP contribution in [-0.4, -0.2) is 19.8 Å². The molecule has 1 aliphatic rings. The number of nitrogens with two attached hydrogens (primary N) is 1. The summed E-state index contributed by atoms with van der Waals surface area (Å²) in [6.45, 7) is 2.64. The fourth-order valence-corrected chi connectivity index (χ4v) is 2.91. The molecule has 2 N–H and O–H groups in total. The second-order valence-electron chi connectivity index (χ2n) is 5.33. The minimum absolute atomic E-state index is 0.353. The number of hydrogen-bond donors (Lipinski definition) is 1. The average molecular weight is 263 g/mol. The summed E-state index contributed by atoms with van der Waals surface area (Å²) in [6, 6.07) is 6.58. The molecule has 1 aromatic rings. The normalized spacial score (nSPS) is 23.1. The van der Waals surface area contributed by atoms with Crippen LogP contribution >= 0.6 is 0 Å². The van der Waals surface area contributed by atoms with Gasteiger partial charge in [-0.05, 0) is 49.8 Å². The lowest BCUT2D eigenvalue weighted by Gasteiger charge is -2.28. The third-order valence-electron chi connectivity index (χ3n) is 3.99. The highest BCUT2D eigenvalue weighted by Crippen LogP contribution is 2.31. The summed E-state index contributed by atoms with van der Waals surface area (Å²) >= 11 is 0. The topological polar surface area (TPSA) is 44.5 Å². The Kier molecular flexibility index (Phi) is 5.08. The molecule has 0 heterocycles. The smallest absolute Gasteiger partial charge is 0.161 e. The molecule has 2 atom stereocenters. The van der Waals surface area contributed by atoms with E-state index in [2.05, 4.69) is 12.1 Å². The zero-order valence-corrected chi connectivity index (χ0v) is 12.0. The number of benzene rings is 1. The summed E-state index contributed by atoms with van der Waals surface area (Å²) < 4.78 is 10.9. The molecular weight excluding hydrogens is 238 g/mol. The van der Waals surface area contributed by atoms with Crippen LogP contribution in [0.2, 0.25) is 0 Å². The molecule has 19 heavy (non-hydrogen) atoms. The van der Waals surface area contributed by atoms with Crippen LogP contribution in [0.4, 0.5) is 0 Å². The lowest BCUT2D eigenvalue weighted by atomic mass is 9.81. The van der Waals surface area contributed by atoms with Crippen LogP contribution in [0.3, 0.4) is 0 Å². The van der Waals surface area contributed by atoms with E-state index in [9.17, 15) is 0 Å². The van der Waals surface area contributed by atoms with Crippen LogP contribution in [0.5, 0.6) is 11.5 Å². The quantitative estimate of drug-likeness (QED) is 0.887. The first kappa shape index (κ1) is 14.2. The monoisotopic (exact) mass is 263 g/mol. The lowest BCUT2D eigenvalue weighted by Crippen LogP contribution is -2.34. The number of ether oxygens (including phenoxy) is 2. The largest absolute Gasteiger partial charge is 0.493 e. The predicted octanol–water partition coefficient (Wildman–Crippen LogP) is 3.15. The lowest BCUT2D eigenvalue weighted by molar-refractivity contribution is 0.302. The van der Waals surface area contributed by atoms with Crippen LogP contribution < -0.4 is 15.2 Å². The molecule has 0 saturated heterocycles. The van der Waals surface area contributed by atoms with Gasteiger partial charge in [-0.25, -0.2) is 0 Å². The first-order valence-electron chi connectivity index (χ1n) is 7.30. The number of rotatable bonds is 5. The van der Waals surface area contributed by atoms with Gasteiger partial charge in [0.05, 0.1) is 13.7 Å². The second kappa shape index (κ2) is 6.80. The Morgan fingerprint density at radius 3 is 2.68 bits per heavy atom. The van der Waals surface area contributed by atoms with Gasteiger partial charge in [0.25, 0.3) is 0 Å². The van der Waals surface area contributed by atoms with E-state index in [1.165, 1.54) is 31.2 Å². The molecule has 1 fully saturated rings. The average Bonchev–Trinajstić information content (AvgIpc) is 2.43. The van der Waals surface area contributed by atoms with Gasteiger partial charge in [0.2, 0.25) is 0 Å². The highest BCUT2D eigenvalue weighted by Gasteiger charge is 2.22. The predicted molar refractivity (Wildman–Crippen MR) is 77.8 cm³/mol. The van der Waals surface area contributed by atoms with Crippen molar-refractivity contribution < 1.29 is 9.47 Å². The molecule has 1 aliphatic carbocycles. The standard InChI is InChI=1S/C16H25NO2/c1-3-19-15-9-8-12(11-16(15)18-2)10-13-6-4-5-7-14(13)17/h8-9,11,13-14H,3-7,10,17H2,1-2H3. The minimum Gasteiger partial charge on any atom is -0.493 e. The minimum atomic E-state index is 0.353. The fourth-order valence-electron chi connectivity index (χ4n) is 2.91. The van der Waals surface area contributed by atoms with E-state index in [1.807, 2.05) is 13.0 Å². The van der Waals surface area contributed by atoms with Gasteiger partial charge in [-0.3, -0.25) is 0 Å². The Balaban J connectivity index is 2.07. The molecule has 0 aromatic heterocycles. The van der Waals surface area contributed by atoms with Crippen LogP contribution in [0.25, 0.3) is 0 Å². The van der Waals surface area contributed by atoms with Gasteiger partial charge in [-0.2, -0.15) is 0 Å². The summed E-state index contributed by atoms with van der Waals surface area (Å²) in [4.78, 5) is 0. The molecule has 0 radical (unpaired) electrons. The molecular formula is C16H25NO2. The van der Waals surface area contributed by atoms with Gasteiger partial charge >= 0.3 is 0 Å². The first-order chi connectivity index (χ1) is 9.24. The van der Waals surface area contributed by atoms with Crippen molar-refractivity contribution in [3.05, 3.63) is 23.8 Å². The molecule has 0 amide bonds. The zero-order chi connectivity index (χ0) is 13.7. The maximum Gasteiger partial charge on any atom is 0.161 e. The van der Waals surface area contributed by atoms with Crippen LogP contribution in [0, 0.1) is 5.92 Å². The third kappa shape index (κ3) is 3.63. The maximum atomic E-state index is 6.22. The van der Waals surface area contributed by atoms with Crippen molar-refractivity contribution >= 4 is 0 Å². The van der Waals surface area contributed by atoms with E-state index in [1.54, 1.807) is 7.11 Å². The Morgan fingerprint density at radius 1 is 1.21 bits per heavy atom. The SMILES string of the molecule is CCOc1ccc(CC2CCCCC2N)cc1OC. The fraction of sp³-hybridized carbons (Fsp3) is 0.625. The summed E-state index contributed by atoms with van der Waals surface area (Å²) in [5.41, 5.74) is 7.51. The van der Waals surface area contributed by atoms with Crippen molar-refractivity contribution in [3.8, 4) is 11.5 Å². The van der Waals surface area contributed by atoms with Gasteiger partial charge in [-0.1, -0.05) is 18.9 Å². The van der Waals surface area contributed by atoms with Crippen LogP contribution in [0.15, 0.2) is 18.2 Å². The molecule has 2 unspecified atom stereocenters. The van der Waals surface area contributed by atoms with E-state index in [0.29, 0.717) is 18.6 Å². The molecule has 106 valence electrons. The van der Waals surface area contributed by atoms with Crippen LogP contribution in [-0.2, 0) is 6.42 Å².